The number of piperidine rings is 1. The molecule has 158 valence electrons. The van der Waals surface area contributed by atoms with E-state index in [2.05, 4.69) is 15.6 Å². The number of aliphatic hydroxyl groups is 1. The minimum Gasteiger partial charge on any atom is -0.427 e. The lowest BCUT2D eigenvalue weighted by atomic mass is 9.94. The van der Waals surface area contributed by atoms with Crippen LogP contribution in [0, 0.1) is 6.92 Å². The fourth-order valence-electron chi connectivity index (χ4n) is 3.97. The standard InChI is InChI=1S/C22H26N4O4/c1-14-11-19(15-5-7-23-8-6-15)30-22(29)20(14)21(28)25-16-3-4-18-17(12-16)24-13-26(18)9-2-10-27/h3-4,11-13,15,23,27H,2,5-10H2,1H3,(H,25,28). The molecule has 8 heteroatoms. The minimum absolute atomic E-state index is 0.0289. The topological polar surface area (TPSA) is 109 Å². The maximum absolute atomic E-state index is 12.8. The number of imidazole rings is 1. The molecule has 0 saturated carbocycles. The van der Waals surface area contributed by atoms with E-state index in [1.807, 2.05) is 16.7 Å². The van der Waals surface area contributed by atoms with Gasteiger partial charge in [-0.25, -0.2) is 9.78 Å². The fourth-order valence-corrected chi connectivity index (χ4v) is 3.97. The van der Waals surface area contributed by atoms with Gasteiger partial charge in [0.25, 0.3) is 5.91 Å². The van der Waals surface area contributed by atoms with Gasteiger partial charge in [0, 0.05) is 24.8 Å². The van der Waals surface area contributed by atoms with Crippen LogP contribution in [0.3, 0.4) is 0 Å². The Morgan fingerprint density at radius 2 is 2.13 bits per heavy atom. The van der Waals surface area contributed by atoms with E-state index >= 15 is 0 Å². The van der Waals surface area contributed by atoms with E-state index in [1.165, 1.54) is 0 Å². The highest BCUT2D eigenvalue weighted by atomic mass is 16.4. The first-order chi connectivity index (χ1) is 14.6. The van der Waals surface area contributed by atoms with Crippen molar-refractivity contribution < 1.29 is 14.3 Å². The number of aryl methyl sites for hydroxylation is 2. The van der Waals surface area contributed by atoms with Crippen LogP contribution in [-0.4, -0.2) is 40.3 Å². The summed E-state index contributed by atoms with van der Waals surface area (Å²) in [6.45, 7) is 4.35. The normalized spacial score (nSPS) is 14.9. The number of nitrogens with one attached hydrogen (secondary N) is 2. The van der Waals surface area contributed by atoms with Gasteiger partial charge in [-0.15, -0.1) is 0 Å². The third kappa shape index (κ3) is 4.15. The molecule has 0 atom stereocenters. The molecule has 0 bridgehead atoms. The third-order valence-electron chi connectivity index (χ3n) is 5.57. The molecular formula is C22H26N4O4. The predicted molar refractivity (Wildman–Crippen MR) is 114 cm³/mol. The monoisotopic (exact) mass is 410 g/mol. The fraction of sp³-hybridized carbons (Fsp3) is 0.409. The van der Waals surface area contributed by atoms with Crippen LogP contribution in [0.15, 0.2) is 39.8 Å². The van der Waals surface area contributed by atoms with Gasteiger partial charge < -0.3 is 24.7 Å². The molecule has 0 radical (unpaired) electrons. The summed E-state index contributed by atoms with van der Waals surface area (Å²) in [5, 5.41) is 15.1. The highest BCUT2D eigenvalue weighted by molar-refractivity contribution is 6.05. The molecule has 8 nitrogen and oxygen atoms in total. The van der Waals surface area contributed by atoms with Crippen molar-refractivity contribution in [3.8, 4) is 0 Å². The molecule has 1 amide bonds. The number of carbonyl (C=O) groups excluding carboxylic acids is 1. The third-order valence-corrected chi connectivity index (χ3v) is 5.57. The summed E-state index contributed by atoms with van der Waals surface area (Å²) in [6.07, 6.45) is 4.19. The number of carbonyl (C=O) groups is 1. The molecule has 1 aromatic carbocycles. The molecule has 3 N–H and O–H groups in total. The minimum atomic E-state index is -0.601. The number of amides is 1. The average Bonchev–Trinajstić information content (AvgIpc) is 3.14. The lowest BCUT2D eigenvalue weighted by Crippen LogP contribution is -2.28. The number of hydrogen-bond donors (Lipinski definition) is 3. The van der Waals surface area contributed by atoms with E-state index in [9.17, 15) is 9.59 Å². The highest BCUT2D eigenvalue weighted by Gasteiger charge is 2.22. The SMILES string of the molecule is Cc1cc(C2CCNCC2)oc(=O)c1C(=O)Nc1ccc2c(c1)ncn2CCCO. The second-order valence-corrected chi connectivity index (χ2v) is 7.69. The molecule has 4 rings (SSSR count). The van der Waals surface area contributed by atoms with Gasteiger partial charge in [-0.05, 0) is 69.1 Å². The van der Waals surface area contributed by atoms with Gasteiger partial charge in [0.05, 0.1) is 17.4 Å². The maximum atomic E-state index is 12.8. The summed E-state index contributed by atoms with van der Waals surface area (Å²) >= 11 is 0. The zero-order valence-electron chi connectivity index (χ0n) is 17.0. The number of fused-ring (bicyclic) bond motifs is 1. The largest absolute Gasteiger partial charge is 0.427 e. The molecule has 3 aromatic rings. The molecular weight excluding hydrogens is 384 g/mol. The molecule has 30 heavy (non-hydrogen) atoms. The Labute approximate surface area is 173 Å². The van der Waals surface area contributed by atoms with Gasteiger partial charge in [-0.2, -0.15) is 0 Å². The van der Waals surface area contributed by atoms with Gasteiger partial charge in [-0.3, -0.25) is 4.79 Å². The number of aromatic nitrogens is 2. The first-order valence-electron chi connectivity index (χ1n) is 10.3. The molecule has 0 aliphatic carbocycles. The Hall–Kier alpha value is -2.97. The second kappa shape index (κ2) is 8.81. The Bertz CT molecular complexity index is 1110. The van der Waals surface area contributed by atoms with Crippen LogP contribution in [0.2, 0.25) is 0 Å². The molecule has 3 heterocycles. The smallest absolute Gasteiger partial charge is 0.349 e. The Morgan fingerprint density at radius 1 is 1.33 bits per heavy atom. The van der Waals surface area contributed by atoms with Crippen molar-refractivity contribution in [2.24, 2.45) is 0 Å². The molecule has 0 unspecified atom stereocenters. The van der Waals surface area contributed by atoms with E-state index in [4.69, 9.17) is 9.52 Å². The van der Waals surface area contributed by atoms with Crippen LogP contribution >= 0.6 is 0 Å². The number of anilines is 1. The van der Waals surface area contributed by atoms with Crippen LogP contribution in [0.25, 0.3) is 11.0 Å². The summed E-state index contributed by atoms with van der Waals surface area (Å²) in [7, 11) is 0. The highest BCUT2D eigenvalue weighted by Crippen LogP contribution is 2.26. The summed E-state index contributed by atoms with van der Waals surface area (Å²) in [4.78, 5) is 29.7. The number of nitrogens with zero attached hydrogens (tertiary/aromatic N) is 2. The Balaban J connectivity index is 1.54. The predicted octanol–water partition coefficient (Wildman–Crippen LogP) is 2.40. The van der Waals surface area contributed by atoms with Crippen molar-refractivity contribution in [3.05, 3.63) is 57.9 Å². The summed E-state index contributed by atoms with van der Waals surface area (Å²) < 4.78 is 7.47. The van der Waals surface area contributed by atoms with Crippen molar-refractivity contribution in [2.75, 3.05) is 25.0 Å². The molecule has 0 spiro atoms. The zero-order valence-corrected chi connectivity index (χ0v) is 17.0. The Kier molecular flexibility index (Phi) is 5.96. The van der Waals surface area contributed by atoms with Gasteiger partial charge in [0.2, 0.25) is 0 Å². The first-order valence-corrected chi connectivity index (χ1v) is 10.3. The number of benzene rings is 1. The van der Waals surface area contributed by atoms with Crippen molar-refractivity contribution in [2.45, 2.75) is 38.6 Å². The maximum Gasteiger partial charge on any atom is 0.349 e. The number of rotatable bonds is 6. The van der Waals surface area contributed by atoms with Crippen molar-refractivity contribution in [3.63, 3.8) is 0 Å². The molecule has 1 aliphatic heterocycles. The summed E-state index contributed by atoms with van der Waals surface area (Å²) in [6, 6.07) is 7.23. The Morgan fingerprint density at radius 3 is 2.87 bits per heavy atom. The average molecular weight is 410 g/mol. The molecule has 1 saturated heterocycles. The lowest BCUT2D eigenvalue weighted by molar-refractivity contribution is 0.102. The molecule has 2 aromatic heterocycles. The van der Waals surface area contributed by atoms with E-state index < -0.39 is 11.5 Å². The first kappa shape index (κ1) is 20.3. The zero-order chi connectivity index (χ0) is 21.1. The van der Waals surface area contributed by atoms with Gasteiger partial charge in [-0.1, -0.05) is 0 Å². The number of aliphatic hydroxyl groups excluding tert-OH is 1. The van der Waals surface area contributed by atoms with Crippen molar-refractivity contribution >= 4 is 22.6 Å². The van der Waals surface area contributed by atoms with Crippen LogP contribution in [0.1, 0.15) is 46.9 Å². The second-order valence-electron chi connectivity index (χ2n) is 7.69. The van der Waals surface area contributed by atoms with Gasteiger partial charge in [0.1, 0.15) is 11.3 Å². The van der Waals surface area contributed by atoms with Crippen LogP contribution in [0.5, 0.6) is 0 Å². The van der Waals surface area contributed by atoms with Gasteiger partial charge in [0.15, 0.2) is 0 Å². The molecule has 1 fully saturated rings. The number of hydrogen-bond acceptors (Lipinski definition) is 6. The quantitative estimate of drug-likeness (QED) is 0.576. The van der Waals surface area contributed by atoms with Crippen molar-refractivity contribution in [1.82, 2.24) is 14.9 Å². The van der Waals surface area contributed by atoms with E-state index in [1.54, 1.807) is 25.4 Å². The molecule has 1 aliphatic rings. The summed E-state index contributed by atoms with van der Waals surface area (Å²) in [5.41, 5.74) is 2.25. The van der Waals surface area contributed by atoms with E-state index in [-0.39, 0.29) is 18.1 Å². The van der Waals surface area contributed by atoms with Crippen LogP contribution < -0.4 is 16.3 Å². The van der Waals surface area contributed by atoms with Crippen LogP contribution in [0.4, 0.5) is 5.69 Å². The lowest BCUT2D eigenvalue weighted by Gasteiger charge is -2.21. The van der Waals surface area contributed by atoms with Crippen LogP contribution in [-0.2, 0) is 6.54 Å². The summed E-state index contributed by atoms with van der Waals surface area (Å²) in [5.74, 6) is 0.376. The van der Waals surface area contributed by atoms with Crippen molar-refractivity contribution in [1.29, 1.82) is 0 Å². The van der Waals surface area contributed by atoms with E-state index in [0.717, 1.165) is 37.0 Å². The van der Waals surface area contributed by atoms with E-state index in [0.29, 0.717) is 30.0 Å². The van der Waals surface area contributed by atoms with Gasteiger partial charge >= 0.3 is 5.63 Å².